The van der Waals surface area contributed by atoms with Crippen molar-refractivity contribution in [1.29, 1.82) is 0 Å². The van der Waals surface area contributed by atoms with Gasteiger partial charge in [-0.3, -0.25) is 0 Å². The zero-order valence-electron chi connectivity index (χ0n) is 13.2. The van der Waals surface area contributed by atoms with Crippen molar-refractivity contribution >= 4 is 57.2 Å². The minimum atomic E-state index is -0.373. The zero-order chi connectivity index (χ0) is 18.0. The van der Waals surface area contributed by atoms with Gasteiger partial charge in [0.1, 0.15) is 5.58 Å². The van der Waals surface area contributed by atoms with Crippen LogP contribution in [0.25, 0.3) is 11.0 Å². The number of nitrogens with one attached hydrogen (secondary N) is 2. The summed E-state index contributed by atoms with van der Waals surface area (Å²) < 4.78 is 5.23. The molecule has 0 saturated carbocycles. The van der Waals surface area contributed by atoms with Crippen LogP contribution >= 0.6 is 35.4 Å². The summed E-state index contributed by atoms with van der Waals surface area (Å²) in [5.41, 5.74) is 2.70. The molecule has 0 unspecified atom stereocenters. The molecule has 0 aliphatic carbocycles. The number of benzene rings is 2. The molecule has 0 fully saturated rings. The zero-order valence-corrected chi connectivity index (χ0v) is 15.6. The number of fused-ring (bicyclic) bond motifs is 1. The second-order valence-corrected chi connectivity index (χ2v) is 6.74. The van der Waals surface area contributed by atoms with Crippen LogP contribution < -0.4 is 16.3 Å². The summed E-state index contributed by atoms with van der Waals surface area (Å²) in [6, 6.07) is 12.4. The summed E-state index contributed by atoms with van der Waals surface area (Å²) in [5.74, 6) is 0. The van der Waals surface area contributed by atoms with Gasteiger partial charge in [0.2, 0.25) is 0 Å². The standard InChI is InChI=1S/C18H14Cl2N2O2S/c1-10-6-17(23)24-16-8-12(3-4-13(10)16)22-18(25)21-9-11-2-5-14(19)15(20)7-11/h2-8H,9H2,1H3,(H2,21,22,25). The number of thiocarbonyl (C=S) groups is 1. The van der Waals surface area contributed by atoms with Gasteiger partial charge >= 0.3 is 5.63 Å². The predicted molar refractivity (Wildman–Crippen MR) is 107 cm³/mol. The summed E-state index contributed by atoms with van der Waals surface area (Å²) in [5, 5.41) is 8.51. The van der Waals surface area contributed by atoms with E-state index in [1.54, 1.807) is 18.2 Å². The van der Waals surface area contributed by atoms with Gasteiger partial charge in [0.05, 0.1) is 10.0 Å². The average Bonchev–Trinajstić information content (AvgIpc) is 2.55. The minimum absolute atomic E-state index is 0.373. The van der Waals surface area contributed by atoms with Gasteiger partial charge in [-0.25, -0.2) is 4.79 Å². The van der Waals surface area contributed by atoms with E-state index in [2.05, 4.69) is 10.6 Å². The summed E-state index contributed by atoms with van der Waals surface area (Å²) in [4.78, 5) is 11.5. The number of halogens is 2. The van der Waals surface area contributed by atoms with Gasteiger partial charge < -0.3 is 15.1 Å². The van der Waals surface area contributed by atoms with E-state index in [0.29, 0.717) is 27.3 Å². The fraction of sp³-hybridized carbons (Fsp3) is 0.111. The van der Waals surface area contributed by atoms with Crippen LogP contribution in [0, 0.1) is 6.92 Å². The van der Waals surface area contributed by atoms with Crippen molar-refractivity contribution in [3.05, 3.63) is 74.1 Å². The highest BCUT2D eigenvalue weighted by atomic mass is 35.5. The van der Waals surface area contributed by atoms with E-state index in [9.17, 15) is 4.79 Å². The lowest BCUT2D eigenvalue weighted by atomic mass is 10.1. The largest absolute Gasteiger partial charge is 0.423 e. The molecule has 0 amide bonds. The van der Waals surface area contributed by atoms with Gasteiger partial charge in [0, 0.05) is 29.8 Å². The van der Waals surface area contributed by atoms with E-state index >= 15 is 0 Å². The van der Waals surface area contributed by atoms with Gasteiger partial charge in [-0.05, 0) is 54.5 Å². The maximum absolute atomic E-state index is 11.5. The van der Waals surface area contributed by atoms with Gasteiger partial charge in [-0.2, -0.15) is 0 Å². The summed E-state index contributed by atoms with van der Waals surface area (Å²) in [7, 11) is 0. The Balaban J connectivity index is 1.69. The molecule has 1 aromatic heterocycles. The molecule has 0 aliphatic heterocycles. The fourth-order valence-electron chi connectivity index (χ4n) is 2.41. The third-order valence-electron chi connectivity index (χ3n) is 3.65. The van der Waals surface area contributed by atoms with E-state index in [4.69, 9.17) is 39.8 Å². The van der Waals surface area contributed by atoms with E-state index in [1.807, 2.05) is 25.1 Å². The van der Waals surface area contributed by atoms with Crippen molar-refractivity contribution in [2.45, 2.75) is 13.5 Å². The molecule has 128 valence electrons. The number of hydrogen-bond donors (Lipinski definition) is 2. The molecule has 7 heteroatoms. The van der Waals surface area contributed by atoms with Gasteiger partial charge in [-0.15, -0.1) is 0 Å². The quantitative estimate of drug-likeness (QED) is 0.490. The Morgan fingerprint density at radius 3 is 2.68 bits per heavy atom. The first-order valence-electron chi connectivity index (χ1n) is 7.45. The Labute approximate surface area is 159 Å². The van der Waals surface area contributed by atoms with Crippen LogP contribution in [0.3, 0.4) is 0 Å². The predicted octanol–water partition coefficient (Wildman–Crippen LogP) is 4.89. The molecule has 1 heterocycles. The Morgan fingerprint density at radius 1 is 1.12 bits per heavy atom. The smallest absolute Gasteiger partial charge is 0.336 e. The third kappa shape index (κ3) is 4.31. The van der Waals surface area contributed by atoms with Crippen molar-refractivity contribution < 1.29 is 4.42 Å². The van der Waals surface area contributed by atoms with Crippen molar-refractivity contribution in [3.63, 3.8) is 0 Å². The van der Waals surface area contributed by atoms with Crippen molar-refractivity contribution in [3.8, 4) is 0 Å². The molecule has 0 radical (unpaired) electrons. The molecule has 3 aromatic rings. The Hall–Kier alpha value is -2.08. The second kappa shape index (κ2) is 7.44. The first kappa shape index (κ1) is 17.7. The van der Waals surface area contributed by atoms with Crippen molar-refractivity contribution in [2.24, 2.45) is 0 Å². The monoisotopic (exact) mass is 392 g/mol. The van der Waals surface area contributed by atoms with Crippen molar-refractivity contribution in [2.75, 3.05) is 5.32 Å². The number of hydrogen-bond acceptors (Lipinski definition) is 3. The number of aryl methyl sites for hydroxylation is 1. The third-order valence-corrected chi connectivity index (χ3v) is 4.63. The molecule has 0 saturated heterocycles. The molecule has 25 heavy (non-hydrogen) atoms. The average molecular weight is 393 g/mol. The van der Waals surface area contributed by atoms with Crippen molar-refractivity contribution in [1.82, 2.24) is 5.32 Å². The van der Waals surface area contributed by atoms with E-state index in [0.717, 1.165) is 22.2 Å². The lowest BCUT2D eigenvalue weighted by Crippen LogP contribution is -2.27. The molecule has 2 aromatic carbocycles. The molecule has 2 N–H and O–H groups in total. The molecule has 0 bridgehead atoms. The van der Waals surface area contributed by atoms with Crippen LogP contribution in [0.1, 0.15) is 11.1 Å². The fourth-order valence-corrected chi connectivity index (χ4v) is 2.92. The van der Waals surface area contributed by atoms with E-state index < -0.39 is 0 Å². The highest BCUT2D eigenvalue weighted by molar-refractivity contribution is 7.80. The highest BCUT2D eigenvalue weighted by Gasteiger charge is 2.05. The van der Waals surface area contributed by atoms with Gasteiger partial charge in [0.15, 0.2) is 5.11 Å². The molecule has 0 atom stereocenters. The first-order valence-corrected chi connectivity index (χ1v) is 8.62. The maximum atomic E-state index is 11.5. The number of rotatable bonds is 3. The Kier molecular flexibility index (Phi) is 5.27. The van der Waals surface area contributed by atoms with Crippen LogP contribution in [0.2, 0.25) is 10.0 Å². The molecule has 0 aliphatic rings. The maximum Gasteiger partial charge on any atom is 0.336 e. The summed E-state index contributed by atoms with van der Waals surface area (Å²) in [6.45, 7) is 2.38. The Morgan fingerprint density at radius 2 is 1.92 bits per heavy atom. The second-order valence-electron chi connectivity index (χ2n) is 5.52. The molecular formula is C18H14Cl2N2O2S. The molecule has 4 nitrogen and oxygen atoms in total. The van der Waals surface area contributed by atoms with E-state index in [1.165, 1.54) is 6.07 Å². The SMILES string of the molecule is Cc1cc(=O)oc2cc(NC(=S)NCc3ccc(Cl)c(Cl)c3)ccc12. The lowest BCUT2D eigenvalue weighted by molar-refractivity contribution is 0.560. The lowest BCUT2D eigenvalue weighted by Gasteiger charge is -2.11. The summed E-state index contributed by atoms with van der Waals surface area (Å²) in [6.07, 6.45) is 0. The van der Waals surface area contributed by atoms with Crippen LogP contribution in [0.15, 0.2) is 51.7 Å². The number of anilines is 1. The molecule has 0 spiro atoms. The topological polar surface area (TPSA) is 54.3 Å². The van der Waals surface area contributed by atoms with E-state index in [-0.39, 0.29) is 5.63 Å². The Bertz CT molecular complexity index is 1020. The van der Waals surface area contributed by atoms with Crippen LogP contribution in [-0.2, 0) is 6.54 Å². The molecule has 3 rings (SSSR count). The van der Waals surface area contributed by atoms with Crippen LogP contribution in [0.4, 0.5) is 5.69 Å². The highest BCUT2D eigenvalue weighted by Crippen LogP contribution is 2.23. The normalized spacial score (nSPS) is 10.7. The van der Waals surface area contributed by atoms with Crippen LogP contribution in [0.5, 0.6) is 0 Å². The van der Waals surface area contributed by atoms with Gasteiger partial charge in [0.25, 0.3) is 0 Å². The minimum Gasteiger partial charge on any atom is -0.423 e. The van der Waals surface area contributed by atoms with Gasteiger partial charge in [-0.1, -0.05) is 29.3 Å². The first-order chi connectivity index (χ1) is 11.9. The summed E-state index contributed by atoms with van der Waals surface area (Å²) >= 11 is 17.2. The van der Waals surface area contributed by atoms with Crippen LogP contribution in [-0.4, -0.2) is 5.11 Å². The molecular weight excluding hydrogens is 379 g/mol.